The highest BCUT2D eigenvalue weighted by molar-refractivity contribution is 6.30. The van der Waals surface area contributed by atoms with Gasteiger partial charge in [0.1, 0.15) is 17.4 Å². The average Bonchev–Trinajstić information content (AvgIpc) is 3.01. The molecule has 0 radical (unpaired) electrons. The minimum atomic E-state index is -0.341. The minimum absolute atomic E-state index is 0.0565. The van der Waals surface area contributed by atoms with Gasteiger partial charge >= 0.3 is 0 Å². The number of rotatable bonds is 4. The second-order valence-corrected chi connectivity index (χ2v) is 5.60. The Hall–Kier alpha value is -3.03. The summed E-state index contributed by atoms with van der Waals surface area (Å²) in [7, 11) is 1.59. The number of nitrogens with zero attached hydrogens (tertiary/aromatic N) is 1. The van der Waals surface area contributed by atoms with E-state index in [1.807, 2.05) is 24.3 Å². The number of allylic oxidation sites excluding steroid dienone is 1. The summed E-state index contributed by atoms with van der Waals surface area (Å²) >= 11 is 5.83. The van der Waals surface area contributed by atoms with Gasteiger partial charge in [-0.05, 0) is 48.5 Å². The van der Waals surface area contributed by atoms with E-state index in [-0.39, 0.29) is 11.4 Å². The van der Waals surface area contributed by atoms with Gasteiger partial charge in [0.15, 0.2) is 0 Å². The van der Waals surface area contributed by atoms with Crippen LogP contribution in [0.1, 0.15) is 15.9 Å². The number of carbonyl (C=O) groups is 1. The minimum Gasteiger partial charge on any atom is -0.497 e. The quantitative estimate of drug-likeness (QED) is 0.429. The second kappa shape index (κ2) is 6.61. The van der Waals surface area contributed by atoms with Crippen LogP contribution in [0.5, 0.6) is 5.75 Å². The van der Waals surface area contributed by atoms with Crippen LogP contribution in [-0.2, 0) is 0 Å². The van der Waals surface area contributed by atoms with Crippen molar-refractivity contribution in [3.05, 3.63) is 70.4 Å². The van der Waals surface area contributed by atoms with Gasteiger partial charge in [-0.2, -0.15) is 5.26 Å². The van der Waals surface area contributed by atoms with Crippen molar-refractivity contribution >= 4 is 34.4 Å². The molecule has 0 unspecified atom stereocenters. The smallest absolute Gasteiger partial charge is 0.203 e. The number of methoxy groups -OCH3 is 1. The van der Waals surface area contributed by atoms with Gasteiger partial charge in [-0.25, -0.2) is 0 Å². The SMILES string of the molecule is COc1ccc2[nH]cc(/C=C(/C#N)C(=O)c3ccc(Cl)cc3)c2c1. The van der Waals surface area contributed by atoms with Crippen LogP contribution in [0.3, 0.4) is 0 Å². The zero-order valence-corrected chi connectivity index (χ0v) is 13.6. The summed E-state index contributed by atoms with van der Waals surface area (Å²) in [5.74, 6) is 0.366. The van der Waals surface area contributed by atoms with E-state index < -0.39 is 0 Å². The number of aromatic amines is 1. The molecule has 0 saturated carbocycles. The van der Waals surface area contributed by atoms with E-state index in [4.69, 9.17) is 16.3 Å². The van der Waals surface area contributed by atoms with E-state index in [0.29, 0.717) is 16.3 Å². The molecule has 3 rings (SSSR count). The predicted octanol–water partition coefficient (Wildman–Crippen LogP) is 4.62. The van der Waals surface area contributed by atoms with Crippen LogP contribution in [0.2, 0.25) is 5.02 Å². The number of H-pyrrole nitrogens is 1. The van der Waals surface area contributed by atoms with Crippen LogP contribution in [0.25, 0.3) is 17.0 Å². The van der Waals surface area contributed by atoms with Gasteiger partial charge in [0.25, 0.3) is 0 Å². The van der Waals surface area contributed by atoms with Crippen molar-refractivity contribution in [3.8, 4) is 11.8 Å². The van der Waals surface area contributed by atoms with E-state index in [9.17, 15) is 10.1 Å². The highest BCUT2D eigenvalue weighted by atomic mass is 35.5. The van der Waals surface area contributed by atoms with Gasteiger partial charge < -0.3 is 9.72 Å². The summed E-state index contributed by atoms with van der Waals surface area (Å²) in [5, 5.41) is 10.8. The third kappa shape index (κ3) is 3.03. The Labute approximate surface area is 143 Å². The van der Waals surface area contributed by atoms with Gasteiger partial charge in [-0.15, -0.1) is 0 Å². The van der Waals surface area contributed by atoms with Crippen molar-refractivity contribution in [2.45, 2.75) is 0 Å². The number of Topliss-reactive ketones (excluding diaryl/α,β-unsaturated/α-hetero) is 1. The maximum Gasteiger partial charge on any atom is 0.203 e. The molecule has 0 saturated heterocycles. The fraction of sp³-hybridized carbons (Fsp3) is 0.0526. The molecule has 5 heteroatoms. The molecule has 1 aromatic heterocycles. The van der Waals surface area contributed by atoms with E-state index in [2.05, 4.69) is 4.98 Å². The molecule has 4 nitrogen and oxygen atoms in total. The number of carbonyl (C=O) groups excluding carboxylic acids is 1. The number of ether oxygens (including phenoxy) is 1. The molecular weight excluding hydrogens is 324 g/mol. The highest BCUT2D eigenvalue weighted by Crippen LogP contribution is 2.26. The van der Waals surface area contributed by atoms with E-state index in [1.54, 1.807) is 43.6 Å². The summed E-state index contributed by atoms with van der Waals surface area (Å²) in [6.07, 6.45) is 3.34. The van der Waals surface area contributed by atoms with Crippen LogP contribution >= 0.6 is 11.6 Å². The number of hydrogen-bond acceptors (Lipinski definition) is 3. The Morgan fingerprint density at radius 2 is 2.00 bits per heavy atom. The number of benzene rings is 2. The molecule has 0 fully saturated rings. The summed E-state index contributed by atoms with van der Waals surface area (Å²) in [4.78, 5) is 15.6. The second-order valence-electron chi connectivity index (χ2n) is 5.16. The fourth-order valence-corrected chi connectivity index (χ4v) is 2.55. The molecule has 118 valence electrons. The average molecular weight is 337 g/mol. The first kappa shape index (κ1) is 15.9. The number of nitriles is 1. The van der Waals surface area contributed by atoms with Crippen molar-refractivity contribution < 1.29 is 9.53 Å². The van der Waals surface area contributed by atoms with E-state index in [1.165, 1.54) is 0 Å². The number of hydrogen-bond donors (Lipinski definition) is 1. The van der Waals surface area contributed by atoms with E-state index in [0.717, 1.165) is 16.5 Å². The highest BCUT2D eigenvalue weighted by Gasteiger charge is 2.13. The van der Waals surface area contributed by atoms with Crippen LogP contribution in [0, 0.1) is 11.3 Å². The first-order chi connectivity index (χ1) is 11.6. The topological polar surface area (TPSA) is 65.9 Å². The number of halogens is 1. The molecular formula is C19H13ClN2O2. The molecule has 0 spiro atoms. The first-order valence-electron chi connectivity index (χ1n) is 7.19. The number of ketones is 1. The molecule has 0 aliphatic carbocycles. The first-order valence-corrected chi connectivity index (χ1v) is 7.57. The van der Waals surface area contributed by atoms with Crippen LogP contribution < -0.4 is 4.74 Å². The third-order valence-electron chi connectivity index (χ3n) is 3.69. The van der Waals surface area contributed by atoms with Crippen LogP contribution in [0.15, 0.2) is 54.2 Å². The van der Waals surface area contributed by atoms with Gasteiger partial charge in [0.2, 0.25) is 5.78 Å². The maximum absolute atomic E-state index is 12.5. The Bertz CT molecular complexity index is 979. The molecule has 24 heavy (non-hydrogen) atoms. The molecule has 1 N–H and O–H groups in total. The third-order valence-corrected chi connectivity index (χ3v) is 3.94. The summed E-state index contributed by atoms with van der Waals surface area (Å²) in [5.41, 5.74) is 2.13. The van der Waals surface area contributed by atoms with E-state index >= 15 is 0 Å². The largest absolute Gasteiger partial charge is 0.497 e. The standard InChI is InChI=1S/C19H13ClN2O2/c1-24-16-6-7-18-17(9-16)14(11-22-18)8-13(10-21)19(23)12-2-4-15(20)5-3-12/h2-9,11,22H,1H3/b13-8-. The molecule has 0 bridgehead atoms. The summed E-state index contributed by atoms with van der Waals surface area (Å²) in [6.45, 7) is 0. The molecule has 0 amide bonds. The van der Waals surface area contributed by atoms with Crippen LogP contribution in [0.4, 0.5) is 0 Å². The van der Waals surface area contributed by atoms with Gasteiger partial charge in [-0.1, -0.05) is 11.6 Å². The molecule has 3 aromatic rings. The lowest BCUT2D eigenvalue weighted by molar-refractivity contribution is 0.104. The monoisotopic (exact) mass is 336 g/mol. The van der Waals surface area contributed by atoms with Crippen molar-refractivity contribution in [1.82, 2.24) is 4.98 Å². The molecule has 0 atom stereocenters. The Morgan fingerprint density at radius 1 is 1.25 bits per heavy atom. The molecule has 1 heterocycles. The summed E-state index contributed by atoms with van der Waals surface area (Å²) < 4.78 is 5.23. The van der Waals surface area contributed by atoms with Crippen LogP contribution in [-0.4, -0.2) is 17.9 Å². The molecule has 0 aliphatic heterocycles. The fourth-order valence-electron chi connectivity index (χ4n) is 2.43. The molecule has 2 aromatic carbocycles. The lowest BCUT2D eigenvalue weighted by Gasteiger charge is -2.01. The Morgan fingerprint density at radius 3 is 2.67 bits per heavy atom. The van der Waals surface area contributed by atoms with Crippen molar-refractivity contribution in [1.29, 1.82) is 5.26 Å². The Balaban J connectivity index is 2.03. The molecule has 0 aliphatic rings. The summed E-state index contributed by atoms with van der Waals surface area (Å²) in [6, 6.07) is 14.0. The zero-order valence-electron chi connectivity index (χ0n) is 12.8. The lowest BCUT2D eigenvalue weighted by Crippen LogP contribution is -2.01. The normalized spacial score (nSPS) is 11.3. The zero-order chi connectivity index (χ0) is 17.1. The Kier molecular flexibility index (Phi) is 4.37. The van der Waals surface area contributed by atoms with Gasteiger partial charge in [0.05, 0.1) is 7.11 Å². The van der Waals surface area contributed by atoms with Crippen molar-refractivity contribution in [2.24, 2.45) is 0 Å². The van der Waals surface area contributed by atoms with Crippen molar-refractivity contribution in [2.75, 3.05) is 7.11 Å². The number of fused-ring (bicyclic) bond motifs is 1. The van der Waals surface area contributed by atoms with Gasteiger partial charge in [0, 0.05) is 33.2 Å². The number of nitrogens with one attached hydrogen (secondary N) is 1. The number of aromatic nitrogens is 1. The van der Waals surface area contributed by atoms with Gasteiger partial charge in [-0.3, -0.25) is 4.79 Å². The van der Waals surface area contributed by atoms with Crippen molar-refractivity contribution in [3.63, 3.8) is 0 Å². The predicted molar refractivity (Wildman–Crippen MR) is 94.2 cm³/mol. The lowest BCUT2D eigenvalue weighted by atomic mass is 10.0. The maximum atomic E-state index is 12.5.